The maximum atomic E-state index is 12.7. The Kier molecular flexibility index (Phi) is 3.46. The maximum absolute atomic E-state index is 12.7. The van der Waals surface area contributed by atoms with Crippen molar-refractivity contribution >= 4 is 15.0 Å². The Labute approximate surface area is 112 Å². The number of hydrogen-bond donors (Lipinski definition) is 1. The molecular formula is C11H9F3N2O3S. The van der Waals surface area contributed by atoms with E-state index in [0.29, 0.717) is 0 Å². The van der Waals surface area contributed by atoms with Gasteiger partial charge in [0, 0.05) is 6.20 Å². The van der Waals surface area contributed by atoms with Crippen molar-refractivity contribution in [3.8, 4) is 5.75 Å². The molecule has 1 aromatic rings. The highest BCUT2D eigenvalue weighted by Crippen LogP contribution is 2.36. The summed E-state index contributed by atoms with van der Waals surface area (Å²) in [7, 11) is -3.90. The fourth-order valence-electron chi connectivity index (χ4n) is 1.50. The van der Waals surface area contributed by atoms with Crippen LogP contribution in [0.5, 0.6) is 5.75 Å². The molecule has 0 aromatic heterocycles. The molecule has 1 aliphatic heterocycles. The molecule has 5 nitrogen and oxygen atoms in total. The minimum absolute atomic E-state index is 0.285. The molecule has 20 heavy (non-hydrogen) atoms. The lowest BCUT2D eigenvalue weighted by molar-refractivity contribution is -0.138. The number of amidine groups is 1. The third-order valence-electron chi connectivity index (χ3n) is 2.52. The number of alkyl halides is 3. The zero-order valence-electron chi connectivity index (χ0n) is 9.89. The van der Waals surface area contributed by atoms with Crippen LogP contribution in [0, 0.1) is 0 Å². The molecule has 2 rings (SSSR count). The van der Waals surface area contributed by atoms with Gasteiger partial charge >= 0.3 is 6.18 Å². The largest absolute Gasteiger partial charge is 0.487 e. The number of sulfone groups is 1. The van der Waals surface area contributed by atoms with Gasteiger partial charge < -0.3 is 10.5 Å². The molecular weight excluding hydrogens is 297 g/mol. The Morgan fingerprint density at radius 1 is 1.25 bits per heavy atom. The standard InChI is InChI=1S/C11H9F3N2O3S/c12-11(13,14)8-3-1-2-4-9(8)19-6-7-5-16-10(15)20(7,17)18/h1-5H,6H2,(H2,15,16). The molecule has 9 heteroatoms. The predicted octanol–water partition coefficient (Wildman–Crippen LogP) is 1.67. The molecule has 108 valence electrons. The van der Waals surface area contributed by atoms with Crippen molar-refractivity contribution < 1.29 is 26.3 Å². The number of ether oxygens (including phenoxy) is 1. The average Bonchev–Trinajstić information content (AvgIpc) is 2.61. The van der Waals surface area contributed by atoms with Gasteiger partial charge in [-0.2, -0.15) is 13.2 Å². The molecule has 0 aliphatic carbocycles. The highest BCUT2D eigenvalue weighted by Gasteiger charge is 2.34. The minimum Gasteiger partial charge on any atom is -0.487 e. The van der Waals surface area contributed by atoms with Crippen LogP contribution in [0.25, 0.3) is 0 Å². The van der Waals surface area contributed by atoms with Crippen LogP contribution in [0.4, 0.5) is 13.2 Å². The fourth-order valence-corrected chi connectivity index (χ4v) is 2.36. The van der Waals surface area contributed by atoms with Gasteiger partial charge in [-0.05, 0) is 12.1 Å². The van der Waals surface area contributed by atoms with Crippen LogP contribution in [0.3, 0.4) is 0 Å². The number of nitrogens with zero attached hydrogens (tertiary/aromatic N) is 1. The van der Waals surface area contributed by atoms with Gasteiger partial charge in [0.15, 0.2) is 0 Å². The number of benzene rings is 1. The Balaban J connectivity index is 2.18. The van der Waals surface area contributed by atoms with Crippen LogP contribution in [0.15, 0.2) is 40.4 Å². The van der Waals surface area contributed by atoms with Gasteiger partial charge in [0.1, 0.15) is 17.3 Å². The van der Waals surface area contributed by atoms with Gasteiger partial charge in [0.05, 0.1) is 5.56 Å². The molecule has 1 heterocycles. The summed E-state index contributed by atoms with van der Waals surface area (Å²) in [6.45, 7) is -0.570. The van der Waals surface area contributed by atoms with E-state index in [2.05, 4.69) is 4.99 Å². The second-order valence-electron chi connectivity index (χ2n) is 3.85. The van der Waals surface area contributed by atoms with Crippen LogP contribution in [-0.2, 0) is 16.0 Å². The van der Waals surface area contributed by atoms with Gasteiger partial charge in [-0.15, -0.1) is 0 Å². The van der Waals surface area contributed by atoms with Crippen LogP contribution < -0.4 is 10.5 Å². The van der Waals surface area contributed by atoms with Crippen LogP contribution in [0.2, 0.25) is 0 Å². The van der Waals surface area contributed by atoms with E-state index in [0.717, 1.165) is 18.3 Å². The molecule has 0 radical (unpaired) electrons. The molecule has 0 bridgehead atoms. The number of nitrogens with two attached hydrogens (primary N) is 1. The molecule has 0 saturated carbocycles. The molecule has 1 aromatic carbocycles. The molecule has 0 fully saturated rings. The lowest BCUT2D eigenvalue weighted by Gasteiger charge is -2.13. The quantitative estimate of drug-likeness (QED) is 0.921. The minimum atomic E-state index is -4.59. The van der Waals surface area contributed by atoms with E-state index in [1.807, 2.05) is 0 Å². The van der Waals surface area contributed by atoms with E-state index in [-0.39, 0.29) is 4.91 Å². The van der Waals surface area contributed by atoms with E-state index < -0.39 is 39.1 Å². The van der Waals surface area contributed by atoms with Gasteiger partial charge in [0.25, 0.3) is 0 Å². The third kappa shape index (κ3) is 2.62. The fraction of sp³-hybridized carbons (Fsp3) is 0.182. The molecule has 0 atom stereocenters. The van der Waals surface area contributed by atoms with Crippen molar-refractivity contribution in [3.63, 3.8) is 0 Å². The summed E-state index contributed by atoms with van der Waals surface area (Å²) < 4.78 is 66.2. The van der Waals surface area contributed by atoms with E-state index in [1.54, 1.807) is 0 Å². The second-order valence-corrected chi connectivity index (χ2v) is 5.80. The Morgan fingerprint density at radius 3 is 2.45 bits per heavy atom. The van der Waals surface area contributed by atoms with E-state index >= 15 is 0 Å². The van der Waals surface area contributed by atoms with Crippen LogP contribution in [-0.4, -0.2) is 20.2 Å². The first-order valence-electron chi connectivity index (χ1n) is 5.29. The number of rotatable bonds is 3. The number of para-hydroxylation sites is 1. The summed E-state index contributed by atoms with van der Waals surface area (Å²) in [5.41, 5.74) is 4.16. The number of hydrogen-bond acceptors (Lipinski definition) is 5. The Bertz CT molecular complexity index is 693. The molecule has 0 unspecified atom stereocenters. The summed E-state index contributed by atoms with van der Waals surface area (Å²) in [5, 5.41) is -0.597. The summed E-state index contributed by atoms with van der Waals surface area (Å²) in [6.07, 6.45) is -3.63. The lowest BCUT2D eigenvalue weighted by Crippen LogP contribution is -2.24. The van der Waals surface area contributed by atoms with Crippen LogP contribution in [0.1, 0.15) is 5.56 Å². The first-order valence-corrected chi connectivity index (χ1v) is 6.77. The number of halogens is 3. The second kappa shape index (κ2) is 4.82. The summed E-state index contributed by atoms with van der Waals surface area (Å²) in [6, 6.07) is 4.52. The van der Waals surface area contributed by atoms with Gasteiger partial charge in [-0.25, -0.2) is 13.4 Å². The lowest BCUT2D eigenvalue weighted by atomic mass is 10.2. The van der Waals surface area contributed by atoms with Crippen molar-refractivity contribution in [2.45, 2.75) is 6.18 Å². The molecule has 1 aliphatic rings. The van der Waals surface area contributed by atoms with Crippen LogP contribution >= 0.6 is 0 Å². The monoisotopic (exact) mass is 306 g/mol. The average molecular weight is 306 g/mol. The smallest absolute Gasteiger partial charge is 0.419 e. The normalized spacial score (nSPS) is 17.6. The topological polar surface area (TPSA) is 81.8 Å². The Hall–Kier alpha value is -2.03. The van der Waals surface area contributed by atoms with E-state index in [9.17, 15) is 21.6 Å². The first kappa shape index (κ1) is 14.4. The van der Waals surface area contributed by atoms with Crippen molar-refractivity contribution in [1.29, 1.82) is 0 Å². The SMILES string of the molecule is NC1=NC=C(COc2ccccc2C(F)(F)F)S1(=O)=O. The zero-order chi connectivity index (χ0) is 15.0. The molecule has 0 amide bonds. The molecule has 2 N–H and O–H groups in total. The van der Waals surface area contributed by atoms with E-state index in [4.69, 9.17) is 10.5 Å². The highest BCUT2D eigenvalue weighted by atomic mass is 32.2. The maximum Gasteiger partial charge on any atom is 0.419 e. The summed E-state index contributed by atoms with van der Waals surface area (Å²) in [5.74, 6) is -0.457. The summed E-state index contributed by atoms with van der Waals surface area (Å²) in [4.78, 5) is 3.11. The van der Waals surface area contributed by atoms with Crippen molar-refractivity contribution in [2.75, 3.05) is 6.61 Å². The van der Waals surface area contributed by atoms with Crippen molar-refractivity contribution in [3.05, 3.63) is 40.9 Å². The van der Waals surface area contributed by atoms with Crippen molar-refractivity contribution in [2.24, 2.45) is 10.7 Å². The van der Waals surface area contributed by atoms with Gasteiger partial charge in [-0.3, -0.25) is 0 Å². The predicted molar refractivity (Wildman–Crippen MR) is 65.6 cm³/mol. The van der Waals surface area contributed by atoms with E-state index in [1.165, 1.54) is 12.1 Å². The summed E-state index contributed by atoms with van der Waals surface area (Å²) >= 11 is 0. The highest BCUT2D eigenvalue weighted by molar-refractivity contribution is 8.09. The zero-order valence-corrected chi connectivity index (χ0v) is 10.7. The third-order valence-corrected chi connectivity index (χ3v) is 4.09. The first-order chi connectivity index (χ1) is 9.23. The Morgan fingerprint density at radius 2 is 1.90 bits per heavy atom. The van der Waals surface area contributed by atoms with Crippen molar-refractivity contribution in [1.82, 2.24) is 0 Å². The number of aliphatic imine (C=N–C) groups is 1. The van der Waals surface area contributed by atoms with Gasteiger partial charge in [-0.1, -0.05) is 12.1 Å². The molecule has 0 spiro atoms. The molecule has 0 saturated heterocycles. The van der Waals surface area contributed by atoms with Gasteiger partial charge in [0.2, 0.25) is 15.0 Å².